The molecule has 0 saturated heterocycles. The molecule has 0 aromatic heterocycles. The molecule has 3 rings (SSSR count). The molecule has 2 aromatic rings. The number of methoxy groups -OCH3 is 1. The van der Waals surface area contributed by atoms with Crippen LogP contribution in [0, 0.1) is 0 Å². The predicted molar refractivity (Wildman–Crippen MR) is 71.9 cm³/mol. The number of ketones is 2. The number of hydrogen-bond donors (Lipinski definition) is 0. The molecule has 0 spiro atoms. The van der Waals surface area contributed by atoms with E-state index in [0.717, 1.165) is 0 Å². The number of rotatable bonds is 1. The first-order valence-electron chi connectivity index (χ1n) is 6.04. The van der Waals surface area contributed by atoms with E-state index in [4.69, 9.17) is 0 Å². The quantitative estimate of drug-likeness (QED) is 0.587. The fourth-order valence-corrected chi connectivity index (χ4v) is 2.37. The van der Waals surface area contributed by atoms with Gasteiger partial charge in [0.05, 0.1) is 12.7 Å². The summed E-state index contributed by atoms with van der Waals surface area (Å²) in [5.41, 5.74) is 2.28. The van der Waals surface area contributed by atoms with Gasteiger partial charge in [-0.05, 0) is 23.3 Å². The van der Waals surface area contributed by atoms with Gasteiger partial charge < -0.3 is 4.74 Å². The van der Waals surface area contributed by atoms with Gasteiger partial charge in [-0.25, -0.2) is 4.79 Å². The minimum atomic E-state index is -0.593. The van der Waals surface area contributed by atoms with Gasteiger partial charge in [0.2, 0.25) is 11.6 Å². The maximum atomic E-state index is 12.1. The van der Waals surface area contributed by atoms with Crippen molar-refractivity contribution < 1.29 is 19.1 Å². The van der Waals surface area contributed by atoms with E-state index in [0.29, 0.717) is 16.7 Å². The lowest BCUT2D eigenvalue weighted by molar-refractivity contribution is 0.0600. The van der Waals surface area contributed by atoms with Crippen LogP contribution >= 0.6 is 0 Å². The van der Waals surface area contributed by atoms with Crippen LogP contribution < -0.4 is 0 Å². The average Bonchev–Trinajstić information content (AvgIpc) is 2.51. The van der Waals surface area contributed by atoms with Crippen LogP contribution in [0.5, 0.6) is 0 Å². The summed E-state index contributed by atoms with van der Waals surface area (Å²) >= 11 is 0. The van der Waals surface area contributed by atoms with Crippen molar-refractivity contribution in [1.82, 2.24) is 0 Å². The molecule has 20 heavy (non-hydrogen) atoms. The number of carbonyl (C=O) groups excluding carboxylic acids is 3. The second-order valence-corrected chi connectivity index (χ2v) is 4.46. The van der Waals surface area contributed by atoms with E-state index < -0.39 is 17.5 Å². The molecule has 0 radical (unpaired) electrons. The molecule has 0 aliphatic heterocycles. The molecule has 0 amide bonds. The van der Waals surface area contributed by atoms with Crippen LogP contribution in [0.4, 0.5) is 0 Å². The lowest BCUT2D eigenvalue weighted by Gasteiger charge is -2.18. The highest BCUT2D eigenvalue weighted by Gasteiger charge is 2.30. The molecule has 0 fully saturated rings. The van der Waals surface area contributed by atoms with E-state index in [1.54, 1.807) is 36.4 Å². The number of carbonyl (C=O) groups is 3. The Hall–Kier alpha value is -2.75. The van der Waals surface area contributed by atoms with Crippen LogP contribution in [-0.2, 0) is 4.74 Å². The summed E-state index contributed by atoms with van der Waals surface area (Å²) < 4.78 is 4.62. The second kappa shape index (κ2) is 4.42. The van der Waals surface area contributed by atoms with Gasteiger partial charge in [-0.3, -0.25) is 9.59 Å². The monoisotopic (exact) mass is 266 g/mol. The van der Waals surface area contributed by atoms with Crippen molar-refractivity contribution in [2.45, 2.75) is 0 Å². The highest BCUT2D eigenvalue weighted by Crippen LogP contribution is 2.33. The third-order valence-electron chi connectivity index (χ3n) is 3.35. The minimum absolute atomic E-state index is 0.247. The lowest BCUT2D eigenvalue weighted by Crippen LogP contribution is -2.21. The first-order valence-corrected chi connectivity index (χ1v) is 6.04. The molecule has 4 nitrogen and oxygen atoms in total. The molecule has 2 aromatic carbocycles. The molecule has 0 atom stereocenters. The summed E-state index contributed by atoms with van der Waals surface area (Å²) in [5, 5.41) is 0. The third kappa shape index (κ3) is 1.66. The van der Waals surface area contributed by atoms with E-state index in [2.05, 4.69) is 4.74 Å². The van der Waals surface area contributed by atoms with Gasteiger partial charge in [-0.1, -0.05) is 30.3 Å². The van der Waals surface area contributed by atoms with Crippen LogP contribution in [0.25, 0.3) is 11.1 Å². The Bertz CT molecular complexity index is 759. The summed E-state index contributed by atoms with van der Waals surface area (Å²) in [6.45, 7) is 0. The molecular weight excluding hydrogens is 256 g/mol. The number of hydrogen-bond acceptors (Lipinski definition) is 4. The van der Waals surface area contributed by atoms with E-state index >= 15 is 0 Å². The Morgan fingerprint density at radius 2 is 1.45 bits per heavy atom. The van der Waals surface area contributed by atoms with Gasteiger partial charge in [0.1, 0.15) is 0 Å². The van der Waals surface area contributed by atoms with Gasteiger partial charge in [0.15, 0.2) is 0 Å². The van der Waals surface area contributed by atoms with E-state index in [1.807, 2.05) is 0 Å². The highest BCUT2D eigenvalue weighted by molar-refractivity contribution is 6.53. The molecule has 0 heterocycles. The largest absolute Gasteiger partial charge is 0.465 e. The van der Waals surface area contributed by atoms with Crippen molar-refractivity contribution in [3.05, 3.63) is 59.2 Å². The van der Waals surface area contributed by atoms with Gasteiger partial charge in [-0.2, -0.15) is 0 Å². The maximum Gasteiger partial charge on any atom is 0.337 e. The smallest absolute Gasteiger partial charge is 0.337 e. The SMILES string of the molecule is COC(=O)c1ccc2c(c1)C(=O)C(=O)c1ccccc1-2. The Kier molecular flexibility index (Phi) is 2.71. The number of fused-ring (bicyclic) bond motifs is 3. The zero-order valence-corrected chi connectivity index (χ0v) is 10.7. The fraction of sp³-hybridized carbons (Fsp3) is 0.0625. The van der Waals surface area contributed by atoms with Crippen molar-refractivity contribution in [2.75, 3.05) is 7.11 Å². The standard InChI is InChI=1S/C16H10O4/c1-20-16(19)9-6-7-11-10-4-2-3-5-12(10)14(17)15(18)13(11)8-9/h2-8H,1H3. The molecule has 0 N–H and O–H groups in total. The summed E-state index contributed by atoms with van der Waals surface area (Å²) in [5.74, 6) is -1.67. The normalized spacial score (nSPS) is 12.7. The fourth-order valence-electron chi connectivity index (χ4n) is 2.37. The van der Waals surface area contributed by atoms with E-state index in [9.17, 15) is 14.4 Å². The molecule has 1 aliphatic rings. The first kappa shape index (κ1) is 12.3. The van der Waals surface area contributed by atoms with Crippen LogP contribution in [0.3, 0.4) is 0 Å². The van der Waals surface area contributed by atoms with Crippen LogP contribution in [0.1, 0.15) is 31.1 Å². The summed E-state index contributed by atoms with van der Waals surface area (Å²) in [4.78, 5) is 35.7. The minimum Gasteiger partial charge on any atom is -0.465 e. The first-order chi connectivity index (χ1) is 9.63. The summed E-state index contributed by atoms with van der Waals surface area (Å²) in [7, 11) is 1.27. The van der Waals surface area contributed by atoms with Crippen molar-refractivity contribution in [3.8, 4) is 11.1 Å². The van der Waals surface area contributed by atoms with Gasteiger partial charge in [0, 0.05) is 11.1 Å². The summed E-state index contributed by atoms with van der Waals surface area (Å²) in [6.07, 6.45) is 0. The number of benzene rings is 2. The molecule has 1 aliphatic carbocycles. The molecular formula is C16H10O4. The Labute approximate surface area is 115 Å². The van der Waals surface area contributed by atoms with Crippen LogP contribution in [-0.4, -0.2) is 24.6 Å². The highest BCUT2D eigenvalue weighted by atomic mass is 16.5. The van der Waals surface area contributed by atoms with Gasteiger partial charge >= 0.3 is 5.97 Å². The van der Waals surface area contributed by atoms with Crippen molar-refractivity contribution in [2.24, 2.45) is 0 Å². The number of ether oxygens (including phenoxy) is 1. The van der Waals surface area contributed by atoms with Crippen molar-refractivity contribution >= 4 is 17.5 Å². The molecule has 0 bridgehead atoms. The number of Topliss-reactive ketones (excluding diaryl/α,β-unsaturated/α-hetero) is 2. The maximum absolute atomic E-state index is 12.1. The molecule has 0 unspecified atom stereocenters. The zero-order valence-electron chi connectivity index (χ0n) is 10.7. The Morgan fingerprint density at radius 1 is 0.850 bits per heavy atom. The molecule has 4 heteroatoms. The van der Waals surface area contributed by atoms with Crippen LogP contribution in [0.15, 0.2) is 42.5 Å². The Morgan fingerprint density at radius 3 is 2.15 bits per heavy atom. The van der Waals surface area contributed by atoms with Gasteiger partial charge in [-0.15, -0.1) is 0 Å². The van der Waals surface area contributed by atoms with E-state index in [1.165, 1.54) is 13.2 Å². The van der Waals surface area contributed by atoms with Crippen molar-refractivity contribution in [1.29, 1.82) is 0 Å². The third-order valence-corrected chi connectivity index (χ3v) is 3.35. The van der Waals surface area contributed by atoms with E-state index in [-0.39, 0.29) is 11.1 Å². The molecule has 0 saturated carbocycles. The molecule has 98 valence electrons. The number of esters is 1. The topological polar surface area (TPSA) is 60.4 Å². The Balaban J connectivity index is 2.26. The van der Waals surface area contributed by atoms with Crippen LogP contribution in [0.2, 0.25) is 0 Å². The van der Waals surface area contributed by atoms with Crippen molar-refractivity contribution in [3.63, 3.8) is 0 Å². The second-order valence-electron chi connectivity index (χ2n) is 4.46. The predicted octanol–water partition coefficient (Wildman–Crippen LogP) is 2.52. The summed E-state index contributed by atoms with van der Waals surface area (Å²) in [6, 6.07) is 11.6. The van der Waals surface area contributed by atoms with Gasteiger partial charge in [0.25, 0.3) is 0 Å². The lowest BCUT2D eigenvalue weighted by atomic mass is 9.83. The zero-order chi connectivity index (χ0) is 14.3. The average molecular weight is 266 g/mol.